The first-order valence-corrected chi connectivity index (χ1v) is 8.66. The molecule has 96 valence electrons. The highest BCUT2D eigenvalue weighted by Gasteiger charge is 1.90. The normalized spacial score (nSPS) is 14.8. The Bertz CT molecular complexity index is 226. The van der Waals surface area contributed by atoms with E-state index < -0.39 is 20.5 Å². The van der Waals surface area contributed by atoms with E-state index in [2.05, 4.69) is 0 Å². The Morgan fingerprint density at radius 3 is 1.67 bits per heavy atom. The first kappa shape index (κ1) is 20.5. The maximum atomic E-state index is 10.5. The van der Waals surface area contributed by atoms with E-state index in [0.29, 0.717) is 5.75 Å². The zero-order valence-electron chi connectivity index (χ0n) is 10.4. The molecule has 2 unspecified atom stereocenters. The maximum absolute atomic E-state index is 10.5. The molecule has 15 heavy (non-hydrogen) atoms. The Hall–Kier alpha value is 0.0600. The van der Waals surface area contributed by atoms with Crippen LogP contribution < -0.4 is 0 Å². The topological polar surface area (TPSA) is 78.2 Å². The lowest BCUT2D eigenvalue weighted by atomic mass is 10.6. The number of aliphatic hydroxyl groups excluding tert-OH is 1. The predicted molar refractivity (Wildman–Crippen MR) is 69.3 cm³/mol. The van der Waals surface area contributed by atoms with E-state index in [4.69, 9.17) is 9.89 Å². The van der Waals surface area contributed by atoms with Gasteiger partial charge in [0.15, 0.2) is 0 Å². The van der Waals surface area contributed by atoms with Crippen LogP contribution in [0.15, 0.2) is 0 Å². The molecule has 0 bridgehead atoms. The number of nitrogens with one attached hydrogen (secondary N) is 1. The van der Waals surface area contributed by atoms with Gasteiger partial charge in [0.05, 0.1) is 0 Å². The fraction of sp³-hybridized carbons (Fsp3) is 1.00. The highest BCUT2D eigenvalue weighted by molar-refractivity contribution is 7.91. The lowest BCUT2D eigenvalue weighted by Crippen LogP contribution is -1.97. The summed E-state index contributed by atoms with van der Waals surface area (Å²) in [6.45, 7) is 3.96. The molecule has 4 nitrogen and oxygen atoms in total. The molecule has 2 atom stereocenters. The fourth-order valence-electron chi connectivity index (χ4n) is 0.677. The SMILES string of the molecule is CCCS(C)(=N)=O.CCCS(C)=O.CO. The molecule has 0 aliphatic rings. The molecule has 0 rings (SSSR count). The van der Waals surface area contributed by atoms with E-state index in [1.165, 1.54) is 6.26 Å². The van der Waals surface area contributed by atoms with Crippen molar-refractivity contribution in [1.82, 2.24) is 0 Å². The summed E-state index contributed by atoms with van der Waals surface area (Å²) >= 11 is 0. The van der Waals surface area contributed by atoms with Crippen LogP contribution in [0.5, 0.6) is 0 Å². The molecule has 0 aromatic heterocycles. The van der Waals surface area contributed by atoms with Gasteiger partial charge in [0.25, 0.3) is 0 Å². The van der Waals surface area contributed by atoms with Gasteiger partial charge in [-0.05, 0) is 12.8 Å². The standard InChI is InChI=1S/C4H11NOS.C4H10OS.CH4O/c1-3-4-7(2,5)6;1-3-4-6(2)5;1-2/h5H,3-4H2,1-2H3;3-4H2,1-2H3;2H,1H3. The first-order valence-electron chi connectivity index (χ1n) is 4.79. The van der Waals surface area contributed by atoms with Gasteiger partial charge >= 0.3 is 0 Å². The second-order valence-corrected chi connectivity index (χ2v) is 6.96. The average molecular weight is 259 g/mol. The number of aliphatic hydroxyl groups is 1. The van der Waals surface area contributed by atoms with Crippen LogP contribution in [0, 0.1) is 4.78 Å². The van der Waals surface area contributed by atoms with Crippen LogP contribution in [-0.4, -0.2) is 44.7 Å². The summed E-state index contributed by atoms with van der Waals surface area (Å²) in [5.74, 6) is 1.38. The molecule has 0 radical (unpaired) electrons. The third-order valence-corrected chi connectivity index (χ3v) is 3.26. The van der Waals surface area contributed by atoms with Crippen molar-refractivity contribution in [3.63, 3.8) is 0 Å². The van der Waals surface area contributed by atoms with Crippen LogP contribution in [0.2, 0.25) is 0 Å². The molecule has 0 aliphatic heterocycles. The predicted octanol–water partition coefficient (Wildman–Crippen LogP) is 1.46. The third-order valence-electron chi connectivity index (χ3n) is 1.09. The Morgan fingerprint density at radius 1 is 1.27 bits per heavy atom. The third kappa shape index (κ3) is 41.0. The van der Waals surface area contributed by atoms with Crippen molar-refractivity contribution in [2.24, 2.45) is 0 Å². The van der Waals surface area contributed by atoms with Crippen LogP contribution in [0.3, 0.4) is 0 Å². The maximum Gasteiger partial charge on any atom is 0.0412 e. The molecular weight excluding hydrogens is 234 g/mol. The molecular formula is C9H25NO3S2. The summed E-state index contributed by atoms with van der Waals surface area (Å²) in [6, 6.07) is 0. The van der Waals surface area contributed by atoms with Crippen LogP contribution in [0.25, 0.3) is 0 Å². The quantitative estimate of drug-likeness (QED) is 0.802. The van der Waals surface area contributed by atoms with Crippen molar-refractivity contribution in [3.8, 4) is 0 Å². The Balaban J connectivity index is -0.000000166. The van der Waals surface area contributed by atoms with Crippen molar-refractivity contribution in [3.05, 3.63) is 0 Å². The fourth-order valence-corrected chi connectivity index (χ4v) is 2.03. The largest absolute Gasteiger partial charge is 0.400 e. The zero-order valence-corrected chi connectivity index (χ0v) is 12.0. The van der Waals surface area contributed by atoms with Crippen LogP contribution in [-0.2, 0) is 20.5 Å². The molecule has 0 heterocycles. The minimum absolute atomic E-state index is 0.535. The van der Waals surface area contributed by atoms with Crippen molar-refractivity contribution in [2.75, 3.05) is 31.1 Å². The average Bonchev–Trinajstić information content (AvgIpc) is 2.06. The van der Waals surface area contributed by atoms with Crippen molar-refractivity contribution >= 4 is 20.5 Å². The van der Waals surface area contributed by atoms with Crippen molar-refractivity contribution in [2.45, 2.75) is 26.7 Å². The summed E-state index contributed by atoms with van der Waals surface area (Å²) in [5, 5.41) is 7.00. The van der Waals surface area contributed by atoms with Gasteiger partial charge in [-0.2, -0.15) is 0 Å². The van der Waals surface area contributed by atoms with E-state index in [1.807, 2.05) is 13.8 Å². The minimum Gasteiger partial charge on any atom is -0.400 e. The van der Waals surface area contributed by atoms with E-state index in [0.717, 1.165) is 25.7 Å². The van der Waals surface area contributed by atoms with Gasteiger partial charge in [-0.3, -0.25) is 13.2 Å². The van der Waals surface area contributed by atoms with Gasteiger partial charge in [0, 0.05) is 51.7 Å². The van der Waals surface area contributed by atoms with Gasteiger partial charge in [0.1, 0.15) is 0 Å². The second kappa shape index (κ2) is 14.1. The lowest BCUT2D eigenvalue weighted by molar-refractivity contribution is 0.399. The molecule has 0 spiro atoms. The summed E-state index contributed by atoms with van der Waals surface area (Å²) < 4.78 is 27.5. The molecule has 0 saturated carbocycles. The van der Waals surface area contributed by atoms with Gasteiger partial charge in [-0.1, -0.05) is 13.8 Å². The number of hydrogen-bond donors (Lipinski definition) is 2. The lowest BCUT2D eigenvalue weighted by Gasteiger charge is -1.91. The van der Waals surface area contributed by atoms with Crippen LogP contribution in [0.4, 0.5) is 0 Å². The minimum atomic E-state index is -2.17. The summed E-state index contributed by atoms with van der Waals surface area (Å²) in [6.07, 6.45) is 5.07. The molecule has 0 aromatic rings. The van der Waals surface area contributed by atoms with Gasteiger partial charge in [-0.25, -0.2) is 0 Å². The van der Waals surface area contributed by atoms with Crippen LogP contribution >= 0.6 is 0 Å². The smallest absolute Gasteiger partial charge is 0.0412 e. The molecule has 0 fully saturated rings. The molecule has 0 amide bonds. The molecule has 0 aliphatic carbocycles. The summed E-state index contributed by atoms with van der Waals surface area (Å²) in [5.41, 5.74) is 0. The van der Waals surface area contributed by atoms with Gasteiger partial charge < -0.3 is 5.11 Å². The zero-order chi connectivity index (χ0) is 12.9. The van der Waals surface area contributed by atoms with E-state index in [1.54, 1.807) is 6.26 Å². The van der Waals surface area contributed by atoms with E-state index in [-0.39, 0.29) is 0 Å². The van der Waals surface area contributed by atoms with Gasteiger partial charge in [-0.15, -0.1) is 0 Å². The van der Waals surface area contributed by atoms with Crippen LogP contribution in [0.1, 0.15) is 26.7 Å². The summed E-state index contributed by atoms with van der Waals surface area (Å²) in [4.78, 5) is 0. The Labute approximate surface area is 96.9 Å². The number of hydrogen-bond acceptors (Lipinski definition) is 4. The highest BCUT2D eigenvalue weighted by atomic mass is 32.2. The van der Waals surface area contributed by atoms with E-state index >= 15 is 0 Å². The summed E-state index contributed by atoms with van der Waals surface area (Å²) in [7, 11) is -1.74. The molecule has 6 heteroatoms. The first-order chi connectivity index (χ1) is 6.83. The van der Waals surface area contributed by atoms with Crippen molar-refractivity contribution < 1.29 is 13.5 Å². The Kier molecular flexibility index (Phi) is 19.2. The van der Waals surface area contributed by atoms with Crippen molar-refractivity contribution in [1.29, 1.82) is 4.78 Å². The molecule has 0 saturated heterocycles. The monoisotopic (exact) mass is 259 g/mol. The van der Waals surface area contributed by atoms with E-state index in [9.17, 15) is 8.42 Å². The Morgan fingerprint density at radius 2 is 1.67 bits per heavy atom. The molecule has 0 aromatic carbocycles. The highest BCUT2D eigenvalue weighted by Crippen LogP contribution is 1.86. The second-order valence-electron chi connectivity index (χ2n) is 2.99. The molecule has 2 N–H and O–H groups in total. The van der Waals surface area contributed by atoms with Gasteiger partial charge in [0.2, 0.25) is 0 Å². The number of rotatable bonds is 4.